The zero-order chi connectivity index (χ0) is 17.5. The fourth-order valence-corrected chi connectivity index (χ4v) is 3.24. The van der Waals surface area contributed by atoms with Gasteiger partial charge in [-0.25, -0.2) is 0 Å². The summed E-state index contributed by atoms with van der Waals surface area (Å²) in [6.45, 7) is 3.00. The van der Waals surface area contributed by atoms with Crippen molar-refractivity contribution in [1.82, 2.24) is 10.2 Å². The predicted molar refractivity (Wildman–Crippen MR) is 97.7 cm³/mol. The molecule has 0 radical (unpaired) electrons. The fraction of sp³-hybridized carbons (Fsp3) is 0.333. The van der Waals surface area contributed by atoms with Crippen molar-refractivity contribution in [2.24, 2.45) is 0 Å². The second kappa shape index (κ2) is 8.46. The quantitative estimate of drug-likeness (QED) is 0.915. The molecule has 3 rings (SSSR count). The zero-order valence-electron chi connectivity index (χ0n) is 14.3. The maximum absolute atomic E-state index is 12.2. The highest BCUT2D eigenvalue weighted by atomic mass is 16.1. The highest BCUT2D eigenvalue weighted by molar-refractivity contribution is 5.78. The van der Waals surface area contributed by atoms with Crippen LogP contribution in [-0.4, -0.2) is 29.9 Å². The normalized spacial score (nSPS) is 15.5. The van der Waals surface area contributed by atoms with Crippen LogP contribution in [0.5, 0.6) is 0 Å². The number of nitrogens with zero attached hydrogens (tertiary/aromatic N) is 2. The summed E-state index contributed by atoms with van der Waals surface area (Å²) in [6, 6.07) is 20.1. The van der Waals surface area contributed by atoms with Crippen molar-refractivity contribution >= 4 is 5.91 Å². The predicted octanol–water partition coefficient (Wildman–Crippen LogP) is 2.88. The van der Waals surface area contributed by atoms with E-state index in [4.69, 9.17) is 5.26 Å². The second-order valence-electron chi connectivity index (χ2n) is 6.59. The number of piperidine rings is 1. The molecule has 0 spiro atoms. The number of hydrogen-bond acceptors (Lipinski definition) is 3. The van der Waals surface area contributed by atoms with Crippen molar-refractivity contribution in [3.8, 4) is 6.07 Å². The molecule has 0 atom stereocenters. The van der Waals surface area contributed by atoms with E-state index in [0.717, 1.165) is 38.0 Å². The van der Waals surface area contributed by atoms with Gasteiger partial charge < -0.3 is 5.32 Å². The van der Waals surface area contributed by atoms with Gasteiger partial charge in [0.1, 0.15) is 0 Å². The molecule has 25 heavy (non-hydrogen) atoms. The first-order valence-electron chi connectivity index (χ1n) is 8.77. The Labute approximate surface area is 149 Å². The van der Waals surface area contributed by atoms with Crippen LogP contribution >= 0.6 is 0 Å². The largest absolute Gasteiger partial charge is 0.353 e. The van der Waals surface area contributed by atoms with E-state index in [9.17, 15) is 4.79 Å². The van der Waals surface area contributed by atoms with E-state index in [1.54, 1.807) is 12.1 Å². The van der Waals surface area contributed by atoms with Gasteiger partial charge in [0.2, 0.25) is 5.91 Å². The van der Waals surface area contributed by atoms with Crippen molar-refractivity contribution < 1.29 is 4.79 Å². The zero-order valence-corrected chi connectivity index (χ0v) is 14.3. The number of amides is 1. The number of nitriles is 1. The van der Waals surface area contributed by atoms with Crippen molar-refractivity contribution in [3.63, 3.8) is 0 Å². The third-order valence-corrected chi connectivity index (χ3v) is 4.65. The van der Waals surface area contributed by atoms with Gasteiger partial charge in [-0.05, 0) is 36.1 Å². The van der Waals surface area contributed by atoms with E-state index in [0.29, 0.717) is 12.0 Å². The molecule has 0 aliphatic carbocycles. The van der Waals surface area contributed by atoms with Gasteiger partial charge in [0.05, 0.1) is 18.1 Å². The summed E-state index contributed by atoms with van der Waals surface area (Å²) in [5.74, 6) is 0.0613. The van der Waals surface area contributed by atoms with Crippen molar-refractivity contribution in [2.45, 2.75) is 31.8 Å². The first kappa shape index (κ1) is 17.2. The van der Waals surface area contributed by atoms with Crippen LogP contribution < -0.4 is 5.32 Å². The van der Waals surface area contributed by atoms with Gasteiger partial charge in [0, 0.05) is 25.7 Å². The van der Waals surface area contributed by atoms with Crippen LogP contribution in [0.4, 0.5) is 0 Å². The Kier molecular flexibility index (Phi) is 5.81. The lowest BCUT2D eigenvalue weighted by Gasteiger charge is -2.32. The molecule has 1 aliphatic rings. The SMILES string of the molecule is N#Cc1ccc(CC(=O)NC2CCN(Cc3ccccc3)CC2)cc1. The molecule has 128 valence electrons. The summed E-state index contributed by atoms with van der Waals surface area (Å²) in [5, 5.41) is 12.0. The Hall–Kier alpha value is -2.64. The van der Waals surface area contributed by atoms with E-state index < -0.39 is 0 Å². The fourth-order valence-electron chi connectivity index (χ4n) is 3.24. The van der Waals surface area contributed by atoms with E-state index in [2.05, 4.69) is 40.6 Å². The van der Waals surface area contributed by atoms with E-state index in [1.165, 1.54) is 5.56 Å². The van der Waals surface area contributed by atoms with Crippen molar-refractivity contribution in [2.75, 3.05) is 13.1 Å². The summed E-state index contributed by atoms with van der Waals surface area (Å²) >= 11 is 0. The molecule has 0 bridgehead atoms. The maximum Gasteiger partial charge on any atom is 0.224 e. The molecule has 1 saturated heterocycles. The molecular formula is C21H23N3O. The smallest absolute Gasteiger partial charge is 0.224 e. The lowest BCUT2D eigenvalue weighted by atomic mass is 10.0. The van der Waals surface area contributed by atoms with Gasteiger partial charge >= 0.3 is 0 Å². The van der Waals surface area contributed by atoms with E-state index in [-0.39, 0.29) is 11.9 Å². The molecule has 1 aliphatic heterocycles. The molecule has 1 fully saturated rings. The highest BCUT2D eigenvalue weighted by Crippen LogP contribution is 2.14. The minimum absolute atomic E-state index is 0.0613. The Morgan fingerprint density at radius 1 is 1.04 bits per heavy atom. The molecule has 0 unspecified atom stereocenters. The monoisotopic (exact) mass is 333 g/mol. The number of carbonyl (C=O) groups is 1. The number of likely N-dealkylation sites (tertiary alicyclic amines) is 1. The van der Waals surface area contributed by atoms with Crippen molar-refractivity contribution in [3.05, 3.63) is 71.3 Å². The Bertz CT molecular complexity index is 726. The third-order valence-electron chi connectivity index (χ3n) is 4.65. The molecular weight excluding hydrogens is 310 g/mol. The Morgan fingerprint density at radius 3 is 2.36 bits per heavy atom. The number of nitrogens with one attached hydrogen (secondary N) is 1. The van der Waals surface area contributed by atoms with E-state index >= 15 is 0 Å². The Balaban J connectivity index is 1.42. The highest BCUT2D eigenvalue weighted by Gasteiger charge is 2.20. The molecule has 1 amide bonds. The van der Waals surface area contributed by atoms with Gasteiger partial charge in [0.25, 0.3) is 0 Å². The molecule has 0 aromatic heterocycles. The summed E-state index contributed by atoms with van der Waals surface area (Å²) in [5.41, 5.74) is 2.90. The molecule has 2 aromatic rings. The van der Waals surface area contributed by atoms with Crippen LogP contribution in [-0.2, 0) is 17.8 Å². The van der Waals surface area contributed by atoms with Gasteiger partial charge in [-0.1, -0.05) is 42.5 Å². The Morgan fingerprint density at radius 2 is 1.72 bits per heavy atom. The second-order valence-corrected chi connectivity index (χ2v) is 6.59. The summed E-state index contributed by atoms with van der Waals surface area (Å²) in [4.78, 5) is 14.7. The first-order valence-corrected chi connectivity index (χ1v) is 8.77. The van der Waals surface area contributed by atoms with Gasteiger partial charge in [-0.15, -0.1) is 0 Å². The minimum Gasteiger partial charge on any atom is -0.353 e. The van der Waals surface area contributed by atoms with Crippen LogP contribution in [0.3, 0.4) is 0 Å². The van der Waals surface area contributed by atoms with E-state index in [1.807, 2.05) is 18.2 Å². The first-order chi connectivity index (χ1) is 12.2. The minimum atomic E-state index is 0.0613. The van der Waals surface area contributed by atoms with Gasteiger partial charge in [-0.2, -0.15) is 5.26 Å². The van der Waals surface area contributed by atoms with Crippen molar-refractivity contribution in [1.29, 1.82) is 5.26 Å². The maximum atomic E-state index is 12.2. The number of rotatable bonds is 5. The summed E-state index contributed by atoms with van der Waals surface area (Å²) in [7, 11) is 0. The van der Waals surface area contributed by atoms with Gasteiger partial charge in [-0.3, -0.25) is 9.69 Å². The van der Waals surface area contributed by atoms with Crippen LogP contribution in [0.1, 0.15) is 29.5 Å². The topological polar surface area (TPSA) is 56.1 Å². The van der Waals surface area contributed by atoms with Gasteiger partial charge in [0.15, 0.2) is 0 Å². The lowest BCUT2D eigenvalue weighted by molar-refractivity contribution is -0.121. The molecule has 1 heterocycles. The van der Waals surface area contributed by atoms with Crippen LogP contribution in [0, 0.1) is 11.3 Å². The summed E-state index contributed by atoms with van der Waals surface area (Å²) < 4.78 is 0. The van der Waals surface area contributed by atoms with Crippen LogP contribution in [0.2, 0.25) is 0 Å². The summed E-state index contributed by atoms with van der Waals surface area (Å²) in [6.07, 6.45) is 2.35. The average Bonchev–Trinajstić information content (AvgIpc) is 2.65. The van der Waals surface area contributed by atoms with Crippen LogP contribution in [0.25, 0.3) is 0 Å². The third kappa shape index (κ3) is 5.17. The number of carbonyl (C=O) groups excluding carboxylic acids is 1. The lowest BCUT2D eigenvalue weighted by Crippen LogP contribution is -2.44. The molecule has 0 saturated carbocycles. The molecule has 1 N–H and O–H groups in total. The number of benzene rings is 2. The standard InChI is InChI=1S/C21H23N3O/c22-15-18-8-6-17(7-9-18)14-21(25)23-20-10-12-24(13-11-20)16-19-4-2-1-3-5-19/h1-9,20H,10-14,16H2,(H,23,25). The molecule has 4 nitrogen and oxygen atoms in total. The molecule has 2 aromatic carbocycles. The average molecular weight is 333 g/mol. The van der Waals surface area contributed by atoms with Crippen LogP contribution in [0.15, 0.2) is 54.6 Å². The number of hydrogen-bond donors (Lipinski definition) is 1. The molecule has 4 heteroatoms.